The number of hydrogen-bond donors (Lipinski definition) is 1. The van der Waals surface area contributed by atoms with Crippen LogP contribution in [0.5, 0.6) is 0 Å². The van der Waals surface area contributed by atoms with E-state index in [1.165, 1.54) is 11.3 Å². The lowest BCUT2D eigenvalue weighted by Crippen LogP contribution is -2.24. The molecule has 7 heteroatoms. The Morgan fingerprint density at radius 3 is 2.79 bits per heavy atom. The summed E-state index contributed by atoms with van der Waals surface area (Å²) in [6.07, 6.45) is -2.69. The Kier molecular flexibility index (Phi) is 3.85. The van der Waals surface area contributed by atoms with E-state index in [2.05, 4.69) is 15.3 Å². The first kappa shape index (κ1) is 11.4. The van der Waals surface area contributed by atoms with Gasteiger partial charge in [-0.25, -0.2) is 4.98 Å². The smallest absolute Gasteiger partial charge is 0.292 e. The quantitative estimate of drug-likeness (QED) is 0.630. The highest BCUT2D eigenvalue weighted by Crippen LogP contribution is 2.14. The highest BCUT2D eigenvalue weighted by Gasteiger charge is 2.27. The molecule has 1 rings (SSSR count). The van der Waals surface area contributed by atoms with Crippen LogP contribution in [0.2, 0.25) is 0 Å². The molecular weight excluding hydrogens is 217 g/mol. The third-order valence-electron chi connectivity index (χ3n) is 1.25. The van der Waals surface area contributed by atoms with E-state index in [9.17, 15) is 13.2 Å². The van der Waals surface area contributed by atoms with Gasteiger partial charge in [-0.15, -0.1) is 11.3 Å². The first-order valence-electron chi connectivity index (χ1n) is 3.80. The van der Waals surface area contributed by atoms with Crippen molar-refractivity contribution in [2.45, 2.75) is 19.6 Å². The minimum atomic E-state index is -4.30. The number of nitrogens with zero attached hydrogens (tertiary/aromatic N) is 1. The monoisotopic (exact) mass is 226 g/mol. The molecule has 0 radical (unpaired) electrons. The van der Waals surface area contributed by atoms with Gasteiger partial charge in [-0.1, -0.05) is 0 Å². The highest BCUT2D eigenvalue weighted by molar-refractivity contribution is 7.11. The summed E-state index contributed by atoms with van der Waals surface area (Å²) in [5.74, 6) is 0. The van der Waals surface area contributed by atoms with Crippen LogP contribution < -0.4 is 5.48 Å². The number of thiazole rings is 1. The molecule has 14 heavy (non-hydrogen) atoms. The fraction of sp³-hybridized carbons (Fsp3) is 0.571. The second kappa shape index (κ2) is 4.72. The van der Waals surface area contributed by atoms with E-state index in [4.69, 9.17) is 0 Å². The van der Waals surface area contributed by atoms with E-state index < -0.39 is 12.8 Å². The van der Waals surface area contributed by atoms with Crippen LogP contribution in [-0.4, -0.2) is 17.8 Å². The minimum Gasteiger partial charge on any atom is -0.292 e. The normalized spacial score (nSPS) is 12.0. The molecule has 80 valence electrons. The average molecular weight is 226 g/mol. The maximum atomic E-state index is 11.6. The highest BCUT2D eigenvalue weighted by atomic mass is 32.1. The van der Waals surface area contributed by atoms with Gasteiger partial charge < -0.3 is 0 Å². The SMILES string of the molecule is Cc1ncc(CNOCC(F)(F)F)s1. The molecule has 0 aliphatic rings. The summed E-state index contributed by atoms with van der Waals surface area (Å²) < 4.78 is 34.8. The first-order valence-corrected chi connectivity index (χ1v) is 4.62. The van der Waals surface area contributed by atoms with Crippen molar-refractivity contribution in [3.05, 3.63) is 16.1 Å². The molecule has 0 spiro atoms. The molecule has 0 amide bonds. The number of aryl methyl sites for hydroxylation is 1. The molecular formula is C7H9F3N2OS. The van der Waals surface area contributed by atoms with Crippen LogP contribution in [0.15, 0.2) is 6.20 Å². The first-order chi connectivity index (χ1) is 6.47. The third kappa shape index (κ3) is 4.54. The predicted molar refractivity (Wildman–Crippen MR) is 45.7 cm³/mol. The van der Waals surface area contributed by atoms with Crippen molar-refractivity contribution in [3.8, 4) is 0 Å². The molecule has 0 aromatic carbocycles. The van der Waals surface area contributed by atoms with Crippen LogP contribution in [0, 0.1) is 6.92 Å². The molecule has 0 saturated heterocycles. The molecule has 1 aromatic heterocycles. The van der Waals surface area contributed by atoms with Crippen molar-refractivity contribution in [3.63, 3.8) is 0 Å². The number of alkyl halides is 3. The fourth-order valence-corrected chi connectivity index (χ4v) is 1.46. The van der Waals surface area contributed by atoms with E-state index in [-0.39, 0.29) is 6.54 Å². The second-order valence-electron chi connectivity index (χ2n) is 2.57. The molecule has 1 heterocycles. The minimum absolute atomic E-state index is 0.238. The summed E-state index contributed by atoms with van der Waals surface area (Å²) in [5.41, 5.74) is 2.22. The van der Waals surface area contributed by atoms with Gasteiger partial charge in [0.15, 0.2) is 6.61 Å². The molecule has 0 atom stereocenters. The van der Waals surface area contributed by atoms with E-state index in [1.54, 1.807) is 6.20 Å². The van der Waals surface area contributed by atoms with Crippen LogP contribution in [0.4, 0.5) is 13.2 Å². The van der Waals surface area contributed by atoms with Gasteiger partial charge >= 0.3 is 6.18 Å². The number of hydrogen-bond acceptors (Lipinski definition) is 4. The summed E-state index contributed by atoms with van der Waals surface area (Å²) >= 11 is 1.41. The number of hydroxylamine groups is 1. The molecule has 0 unspecified atom stereocenters. The van der Waals surface area contributed by atoms with Crippen molar-refractivity contribution in [1.29, 1.82) is 0 Å². The van der Waals surface area contributed by atoms with Crippen molar-refractivity contribution in [1.82, 2.24) is 10.5 Å². The van der Waals surface area contributed by atoms with Gasteiger partial charge in [-0.3, -0.25) is 4.84 Å². The Morgan fingerprint density at radius 2 is 2.29 bits per heavy atom. The number of rotatable bonds is 4. The van der Waals surface area contributed by atoms with E-state index in [0.717, 1.165) is 9.88 Å². The van der Waals surface area contributed by atoms with Crippen LogP contribution in [0.3, 0.4) is 0 Å². The summed E-state index contributed by atoms with van der Waals surface area (Å²) in [5, 5.41) is 0.873. The zero-order valence-corrected chi connectivity index (χ0v) is 8.21. The van der Waals surface area contributed by atoms with E-state index in [0.29, 0.717) is 0 Å². The standard InChI is InChI=1S/C7H9F3N2OS/c1-5-11-2-6(14-5)3-12-13-4-7(8,9)10/h2,12H,3-4H2,1H3. The van der Waals surface area contributed by atoms with Gasteiger partial charge in [-0.2, -0.15) is 18.7 Å². The Hall–Kier alpha value is -0.660. The Bertz CT molecular complexity index is 287. The molecule has 0 aliphatic carbocycles. The largest absolute Gasteiger partial charge is 0.413 e. The van der Waals surface area contributed by atoms with Gasteiger partial charge in [0.2, 0.25) is 0 Å². The van der Waals surface area contributed by atoms with Crippen LogP contribution >= 0.6 is 11.3 Å². The lowest BCUT2D eigenvalue weighted by atomic mass is 10.6. The average Bonchev–Trinajstić information content (AvgIpc) is 2.44. The Labute approximate surface area is 82.9 Å². The van der Waals surface area contributed by atoms with Gasteiger partial charge in [0.1, 0.15) is 0 Å². The Balaban J connectivity index is 2.16. The van der Waals surface area contributed by atoms with E-state index >= 15 is 0 Å². The fourth-order valence-electron chi connectivity index (χ4n) is 0.742. The molecule has 3 nitrogen and oxygen atoms in total. The molecule has 0 fully saturated rings. The van der Waals surface area contributed by atoms with Crippen molar-refractivity contribution < 1.29 is 18.0 Å². The second-order valence-corrected chi connectivity index (χ2v) is 3.89. The number of halogens is 3. The molecule has 0 saturated carbocycles. The van der Waals surface area contributed by atoms with Crippen molar-refractivity contribution in [2.75, 3.05) is 6.61 Å². The van der Waals surface area contributed by atoms with Gasteiger partial charge in [0.05, 0.1) is 11.6 Å². The zero-order chi connectivity index (χ0) is 10.6. The molecule has 1 N–H and O–H groups in total. The molecule has 0 bridgehead atoms. The number of aromatic nitrogens is 1. The van der Waals surface area contributed by atoms with E-state index in [1.807, 2.05) is 6.92 Å². The molecule has 1 aromatic rings. The third-order valence-corrected chi connectivity index (χ3v) is 2.17. The maximum absolute atomic E-state index is 11.6. The van der Waals surface area contributed by atoms with Crippen molar-refractivity contribution >= 4 is 11.3 Å². The topological polar surface area (TPSA) is 34.2 Å². The maximum Gasteiger partial charge on any atom is 0.413 e. The summed E-state index contributed by atoms with van der Waals surface area (Å²) in [7, 11) is 0. The number of nitrogens with one attached hydrogen (secondary N) is 1. The van der Waals surface area contributed by atoms with Gasteiger partial charge in [-0.05, 0) is 6.92 Å². The molecule has 0 aliphatic heterocycles. The predicted octanol–water partition coefficient (Wildman–Crippen LogP) is 2.04. The van der Waals surface area contributed by atoms with Crippen LogP contribution in [-0.2, 0) is 11.4 Å². The van der Waals surface area contributed by atoms with Crippen LogP contribution in [0.25, 0.3) is 0 Å². The summed E-state index contributed by atoms with van der Waals surface area (Å²) in [4.78, 5) is 9.00. The lowest BCUT2D eigenvalue weighted by Gasteiger charge is -2.06. The van der Waals surface area contributed by atoms with Crippen LogP contribution in [0.1, 0.15) is 9.88 Å². The Morgan fingerprint density at radius 1 is 1.57 bits per heavy atom. The van der Waals surface area contributed by atoms with Gasteiger partial charge in [0.25, 0.3) is 0 Å². The zero-order valence-electron chi connectivity index (χ0n) is 7.39. The summed E-state index contributed by atoms with van der Waals surface area (Å²) in [6, 6.07) is 0. The van der Waals surface area contributed by atoms with Gasteiger partial charge in [0, 0.05) is 11.1 Å². The lowest BCUT2D eigenvalue weighted by molar-refractivity contribution is -0.190. The summed E-state index contributed by atoms with van der Waals surface area (Å²) in [6.45, 7) is 0.775. The van der Waals surface area contributed by atoms with Crippen molar-refractivity contribution in [2.24, 2.45) is 0 Å².